The van der Waals surface area contributed by atoms with Crippen molar-refractivity contribution in [2.75, 3.05) is 6.54 Å². The minimum absolute atomic E-state index is 0.0557. The van der Waals surface area contributed by atoms with Crippen LogP contribution in [-0.4, -0.2) is 32.9 Å². The first-order valence-electron chi connectivity index (χ1n) is 8.67. The third-order valence-electron chi connectivity index (χ3n) is 5.21. The monoisotopic (exact) mass is 362 g/mol. The lowest BCUT2D eigenvalue weighted by molar-refractivity contribution is 0.0694. The van der Waals surface area contributed by atoms with Gasteiger partial charge in [-0.25, -0.2) is 0 Å². The van der Waals surface area contributed by atoms with Gasteiger partial charge in [-0.2, -0.15) is 5.26 Å². The lowest BCUT2D eigenvalue weighted by Gasteiger charge is -2.29. The van der Waals surface area contributed by atoms with Crippen LogP contribution in [0.4, 0.5) is 0 Å². The third-order valence-corrected chi connectivity index (χ3v) is 5.54. The summed E-state index contributed by atoms with van der Waals surface area (Å²) in [6.07, 6.45) is 3.90. The summed E-state index contributed by atoms with van der Waals surface area (Å²) in [6.45, 7) is 1.50. The molecule has 1 aliphatic heterocycles. The molecule has 5 rings (SSSR count). The Kier molecular flexibility index (Phi) is 3.31. The number of amides is 1. The van der Waals surface area contributed by atoms with Crippen LogP contribution in [0.2, 0.25) is 5.02 Å². The van der Waals surface area contributed by atoms with E-state index in [2.05, 4.69) is 15.6 Å². The van der Waals surface area contributed by atoms with E-state index in [1.54, 1.807) is 18.3 Å². The first-order valence-corrected chi connectivity index (χ1v) is 9.05. The molecular formula is C20H15ClN4O. The lowest BCUT2D eigenvalue weighted by Crippen LogP contribution is -2.41. The number of benzene rings is 1. The van der Waals surface area contributed by atoms with Gasteiger partial charge in [-0.3, -0.25) is 9.78 Å². The van der Waals surface area contributed by atoms with Crippen LogP contribution in [0.25, 0.3) is 22.2 Å². The van der Waals surface area contributed by atoms with Gasteiger partial charge in [0.1, 0.15) is 11.8 Å². The Labute approximate surface area is 155 Å². The fourth-order valence-electron chi connectivity index (χ4n) is 3.85. The van der Waals surface area contributed by atoms with Crippen molar-refractivity contribution in [1.29, 1.82) is 5.26 Å². The minimum Gasteiger partial charge on any atom is -0.333 e. The molecule has 128 valence electrons. The van der Waals surface area contributed by atoms with E-state index in [1.165, 1.54) is 0 Å². The van der Waals surface area contributed by atoms with E-state index in [0.29, 0.717) is 22.3 Å². The molecule has 2 aliphatic rings. The molecule has 0 saturated heterocycles. The molecule has 0 bridgehead atoms. The summed E-state index contributed by atoms with van der Waals surface area (Å²) in [4.78, 5) is 19.8. The van der Waals surface area contributed by atoms with Crippen molar-refractivity contribution in [3.8, 4) is 17.2 Å². The van der Waals surface area contributed by atoms with Crippen molar-refractivity contribution in [2.45, 2.75) is 25.4 Å². The number of carbonyl (C=O) groups excluding carboxylic acids is 1. The summed E-state index contributed by atoms with van der Waals surface area (Å²) in [5, 5.41) is 9.75. The highest BCUT2D eigenvalue weighted by atomic mass is 35.5. The van der Waals surface area contributed by atoms with E-state index < -0.39 is 0 Å². The van der Waals surface area contributed by atoms with Gasteiger partial charge in [-0.1, -0.05) is 17.7 Å². The molecule has 2 aromatic heterocycles. The minimum atomic E-state index is 0.0557. The molecule has 1 amide bonds. The van der Waals surface area contributed by atoms with E-state index in [9.17, 15) is 10.1 Å². The Hall–Kier alpha value is -2.84. The first-order chi connectivity index (χ1) is 12.7. The van der Waals surface area contributed by atoms with Crippen molar-refractivity contribution in [1.82, 2.24) is 14.5 Å². The Morgan fingerprint density at radius 2 is 2.08 bits per heavy atom. The number of pyridine rings is 1. The number of carbonyl (C=O) groups is 1. The maximum atomic E-state index is 13.3. The van der Waals surface area contributed by atoms with E-state index in [-0.39, 0.29) is 5.91 Å². The van der Waals surface area contributed by atoms with Gasteiger partial charge in [-0.15, -0.1) is 0 Å². The number of aromatic nitrogens is 2. The number of hydrogen-bond acceptors (Lipinski definition) is 3. The second-order valence-electron chi connectivity index (χ2n) is 6.78. The van der Waals surface area contributed by atoms with Crippen LogP contribution in [0.1, 0.15) is 28.9 Å². The highest BCUT2D eigenvalue weighted by molar-refractivity contribution is 6.31. The largest absolute Gasteiger partial charge is 0.333 e. The van der Waals surface area contributed by atoms with Crippen LogP contribution in [0.15, 0.2) is 36.5 Å². The SMILES string of the molecule is N#Cc1cc(-c2c3n(c4cccnc24)CCN(C2CC2)C3=O)ccc1Cl. The molecule has 1 aliphatic carbocycles. The molecule has 0 N–H and O–H groups in total. The number of rotatable bonds is 2. The zero-order valence-corrected chi connectivity index (χ0v) is 14.7. The standard InChI is InChI=1S/C20H15ClN4O/c21-15-6-3-12(10-13(15)11-22)17-18-16(2-1-7-23-18)25-9-8-24(14-4-5-14)20(26)19(17)25/h1-3,6-7,10,14H,4-5,8-9H2. The highest BCUT2D eigenvalue weighted by Crippen LogP contribution is 2.39. The second kappa shape index (κ2) is 5.58. The van der Waals surface area contributed by atoms with Gasteiger partial charge in [-0.05, 0) is 42.7 Å². The molecule has 0 unspecified atom stereocenters. The van der Waals surface area contributed by atoms with Crippen LogP contribution in [0, 0.1) is 11.3 Å². The Morgan fingerprint density at radius 3 is 2.85 bits per heavy atom. The van der Waals surface area contributed by atoms with Crippen LogP contribution in [0.3, 0.4) is 0 Å². The van der Waals surface area contributed by atoms with Gasteiger partial charge >= 0.3 is 0 Å². The zero-order valence-electron chi connectivity index (χ0n) is 13.9. The van der Waals surface area contributed by atoms with Crippen molar-refractivity contribution < 1.29 is 4.79 Å². The van der Waals surface area contributed by atoms with Crippen molar-refractivity contribution in [3.63, 3.8) is 0 Å². The molecule has 3 aromatic rings. The number of nitrogens with zero attached hydrogens (tertiary/aromatic N) is 4. The predicted octanol–water partition coefficient (Wildman–Crippen LogP) is 3.85. The van der Waals surface area contributed by atoms with Crippen LogP contribution >= 0.6 is 11.6 Å². The van der Waals surface area contributed by atoms with Crippen molar-refractivity contribution >= 4 is 28.5 Å². The molecule has 0 atom stereocenters. The average molecular weight is 363 g/mol. The molecule has 26 heavy (non-hydrogen) atoms. The Morgan fingerprint density at radius 1 is 1.23 bits per heavy atom. The Bertz CT molecular complexity index is 1110. The lowest BCUT2D eigenvalue weighted by atomic mass is 10.0. The number of fused-ring (bicyclic) bond motifs is 3. The molecule has 0 radical (unpaired) electrons. The van der Waals surface area contributed by atoms with Gasteiger partial charge in [0, 0.05) is 30.9 Å². The van der Waals surface area contributed by atoms with Gasteiger partial charge < -0.3 is 9.47 Å². The molecule has 0 spiro atoms. The van der Waals surface area contributed by atoms with Crippen LogP contribution in [0.5, 0.6) is 0 Å². The molecule has 1 saturated carbocycles. The maximum absolute atomic E-state index is 13.3. The fourth-order valence-corrected chi connectivity index (χ4v) is 4.01. The molecule has 6 heteroatoms. The van der Waals surface area contributed by atoms with E-state index in [1.807, 2.05) is 23.1 Å². The second-order valence-corrected chi connectivity index (χ2v) is 7.19. The topological polar surface area (TPSA) is 61.9 Å². The van der Waals surface area contributed by atoms with Gasteiger partial charge in [0.05, 0.1) is 21.6 Å². The number of hydrogen-bond donors (Lipinski definition) is 0. The molecule has 3 heterocycles. The summed E-state index contributed by atoms with van der Waals surface area (Å²) >= 11 is 6.10. The number of halogens is 1. The number of nitriles is 1. The van der Waals surface area contributed by atoms with E-state index in [4.69, 9.17) is 11.6 Å². The summed E-state index contributed by atoms with van der Waals surface area (Å²) in [5.41, 5.74) is 4.41. The fraction of sp³-hybridized carbons (Fsp3) is 0.250. The van der Waals surface area contributed by atoms with Crippen molar-refractivity contribution in [3.05, 3.63) is 52.8 Å². The van der Waals surface area contributed by atoms with Crippen molar-refractivity contribution in [2.24, 2.45) is 0 Å². The normalized spacial score (nSPS) is 16.6. The highest BCUT2D eigenvalue weighted by Gasteiger charge is 2.39. The summed E-state index contributed by atoms with van der Waals surface area (Å²) < 4.78 is 2.07. The smallest absolute Gasteiger partial charge is 0.271 e. The molecule has 5 nitrogen and oxygen atoms in total. The maximum Gasteiger partial charge on any atom is 0.271 e. The van der Waals surface area contributed by atoms with E-state index in [0.717, 1.165) is 48.1 Å². The van der Waals surface area contributed by atoms with Gasteiger partial charge in [0.2, 0.25) is 0 Å². The zero-order chi connectivity index (χ0) is 17.8. The predicted molar refractivity (Wildman–Crippen MR) is 99.0 cm³/mol. The summed E-state index contributed by atoms with van der Waals surface area (Å²) in [7, 11) is 0. The molecule has 1 fully saturated rings. The quantitative estimate of drug-likeness (QED) is 0.695. The Balaban J connectivity index is 1.80. The van der Waals surface area contributed by atoms with E-state index >= 15 is 0 Å². The average Bonchev–Trinajstić information content (AvgIpc) is 3.44. The summed E-state index contributed by atoms with van der Waals surface area (Å²) in [5.74, 6) is 0.0557. The third kappa shape index (κ3) is 2.16. The van der Waals surface area contributed by atoms with Crippen LogP contribution < -0.4 is 0 Å². The first kappa shape index (κ1) is 15.4. The van der Waals surface area contributed by atoms with Gasteiger partial charge in [0.25, 0.3) is 5.91 Å². The summed E-state index contributed by atoms with van der Waals surface area (Å²) in [6, 6.07) is 11.7. The molecular weight excluding hydrogens is 348 g/mol. The van der Waals surface area contributed by atoms with Crippen LogP contribution in [-0.2, 0) is 6.54 Å². The molecule has 1 aromatic carbocycles. The van der Waals surface area contributed by atoms with Gasteiger partial charge in [0.15, 0.2) is 0 Å².